The number of nitro benzene ring substituents is 1. The zero-order valence-electron chi connectivity index (χ0n) is 14.3. The molecule has 138 valence electrons. The Labute approximate surface area is 151 Å². The summed E-state index contributed by atoms with van der Waals surface area (Å²) in [4.78, 5) is 12.5. The lowest BCUT2D eigenvalue weighted by molar-refractivity contribution is -0.384. The maximum Gasteiger partial charge on any atom is 0.273 e. The fourth-order valence-corrected chi connectivity index (χ4v) is 2.81. The van der Waals surface area contributed by atoms with Gasteiger partial charge in [-0.1, -0.05) is 18.2 Å². The van der Waals surface area contributed by atoms with E-state index in [1.807, 2.05) is 0 Å². The smallest absolute Gasteiger partial charge is 0.273 e. The van der Waals surface area contributed by atoms with E-state index in [0.29, 0.717) is 24.9 Å². The van der Waals surface area contributed by atoms with E-state index in [0.717, 1.165) is 18.4 Å². The van der Waals surface area contributed by atoms with Crippen molar-refractivity contribution in [1.82, 2.24) is 4.90 Å². The first-order valence-corrected chi connectivity index (χ1v) is 8.55. The molecule has 0 spiro atoms. The van der Waals surface area contributed by atoms with Gasteiger partial charge in [0.2, 0.25) is 0 Å². The molecule has 0 bridgehead atoms. The van der Waals surface area contributed by atoms with Crippen LogP contribution in [0, 0.1) is 15.9 Å². The molecule has 0 aromatic heterocycles. The molecule has 6 nitrogen and oxygen atoms in total. The Bertz CT molecular complexity index is 749. The number of aliphatic hydroxyl groups excluding tert-OH is 1. The number of hydrogen-bond acceptors (Lipinski definition) is 5. The first kappa shape index (κ1) is 18.3. The number of benzene rings is 2. The highest BCUT2D eigenvalue weighted by Gasteiger charge is 2.30. The number of rotatable bonds is 9. The second kappa shape index (κ2) is 8.25. The summed E-state index contributed by atoms with van der Waals surface area (Å²) >= 11 is 0. The molecular weight excluding hydrogens is 339 g/mol. The Kier molecular flexibility index (Phi) is 5.80. The lowest BCUT2D eigenvalue weighted by Gasteiger charge is -2.25. The Morgan fingerprint density at radius 3 is 2.65 bits per heavy atom. The average Bonchev–Trinajstić information content (AvgIpc) is 3.46. The molecule has 0 radical (unpaired) electrons. The van der Waals surface area contributed by atoms with E-state index in [1.165, 1.54) is 24.3 Å². The van der Waals surface area contributed by atoms with E-state index in [-0.39, 0.29) is 18.1 Å². The number of hydrogen-bond donors (Lipinski definition) is 1. The van der Waals surface area contributed by atoms with E-state index >= 15 is 0 Å². The molecule has 7 heteroatoms. The van der Waals surface area contributed by atoms with Gasteiger partial charge in [-0.15, -0.1) is 0 Å². The third kappa shape index (κ3) is 5.24. The normalized spacial score (nSPS) is 15.0. The second-order valence-electron chi connectivity index (χ2n) is 6.51. The van der Waals surface area contributed by atoms with Crippen LogP contribution in [0.2, 0.25) is 0 Å². The molecular formula is C19H21FN2O4. The molecule has 1 N–H and O–H groups in total. The van der Waals surface area contributed by atoms with Gasteiger partial charge in [-0.2, -0.15) is 0 Å². The molecule has 2 aromatic rings. The summed E-state index contributed by atoms with van der Waals surface area (Å²) in [6, 6.07) is 12.7. The topological polar surface area (TPSA) is 75.8 Å². The standard InChI is InChI=1S/C19H21FN2O4/c20-15-6-4-14(5-7-15)11-21(16-8-9-16)12-18(23)13-26-19-3-1-2-17(10-19)22(24)25/h1-7,10,16,18,23H,8-9,11-13H2. The first-order chi connectivity index (χ1) is 12.5. The zero-order chi connectivity index (χ0) is 18.5. The lowest BCUT2D eigenvalue weighted by atomic mass is 10.2. The Balaban J connectivity index is 1.53. The van der Waals surface area contributed by atoms with Crippen molar-refractivity contribution in [3.63, 3.8) is 0 Å². The predicted molar refractivity (Wildman–Crippen MR) is 94.4 cm³/mol. The van der Waals surface area contributed by atoms with E-state index in [9.17, 15) is 19.6 Å². The van der Waals surface area contributed by atoms with Crippen LogP contribution in [0.5, 0.6) is 5.75 Å². The van der Waals surface area contributed by atoms with Crippen LogP contribution in [0.25, 0.3) is 0 Å². The van der Waals surface area contributed by atoms with Crippen LogP contribution in [0.4, 0.5) is 10.1 Å². The van der Waals surface area contributed by atoms with Gasteiger partial charge in [-0.3, -0.25) is 15.0 Å². The van der Waals surface area contributed by atoms with Crippen molar-refractivity contribution in [2.24, 2.45) is 0 Å². The molecule has 3 rings (SSSR count). The highest BCUT2D eigenvalue weighted by molar-refractivity contribution is 5.37. The van der Waals surface area contributed by atoms with Gasteiger partial charge >= 0.3 is 0 Å². The summed E-state index contributed by atoms with van der Waals surface area (Å²) in [6.07, 6.45) is 1.44. The Morgan fingerprint density at radius 1 is 1.27 bits per heavy atom. The molecule has 0 amide bonds. The zero-order valence-corrected chi connectivity index (χ0v) is 14.3. The van der Waals surface area contributed by atoms with Crippen LogP contribution in [-0.2, 0) is 6.54 Å². The third-order valence-corrected chi connectivity index (χ3v) is 4.28. The minimum Gasteiger partial charge on any atom is -0.491 e. The molecule has 26 heavy (non-hydrogen) atoms. The van der Waals surface area contributed by atoms with Gasteiger partial charge in [0.05, 0.1) is 11.0 Å². The van der Waals surface area contributed by atoms with Gasteiger partial charge < -0.3 is 9.84 Å². The molecule has 1 aliphatic rings. The summed E-state index contributed by atoms with van der Waals surface area (Å²) in [7, 11) is 0. The molecule has 2 aromatic carbocycles. The molecule has 1 atom stereocenters. The van der Waals surface area contributed by atoms with Crippen LogP contribution in [0.15, 0.2) is 48.5 Å². The summed E-state index contributed by atoms with van der Waals surface area (Å²) in [5.74, 6) is 0.0897. The van der Waals surface area contributed by atoms with E-state index in [2.05, 4.69) is 4.90 Å². The molecule has 1 saturated carbocycles. The summed E-state index contributed by atoms with van der Waals surface area (Å²) in [5, 5.41) is 21.1. The highest BCUT2D eigenvalue weighted by Crippen LogP contribution is 2.28. The fraction of sp³-hybridized carbons (Fsp3) is 0.368. The highest BCUT2D eigenvalue weighted by atomic mass is 19.1. The number of nitrogens with zero attached hydrogens (tertiary/aromatic N) is 2. The van der Waals surface area contributed by atoms with Gasteiger partial charge in [0.25, 0.3) is 5.69 Å². The van der Waals surface area contributed by atoms with Crippen LogP contribution >= 0.6 is 0 Å². The predicted octanol–water partition coefficient (Wildman–Crippen LogP) is 3.14. The molecule has 0 saturated heterocycles. The maximum atomic E-state index is 13.0. The van der Waals surface area contributed by atoms with Gasteiger partial charge in [-0.25, -0.2) is 4.39 Å². The van der Waals surface area contributed by atoms with Crippen molar-refractivity contribution in [1.29, 1.82) is 0 Å². The largest absolute Gasteiger partial charge is 0.491 e. The van der Waals surface area contributed by atoms with Crippen LogP contribution in [-0.4, -0.2) is 40.2 Å². The number of halogens is 1. The summed E-state index contributed by atoms with van der Waals surface area (Å²) < 4.78 is 18.5. The molecule has 1 fully saturated rings. The maximum absolute atomic E-state index is 13.0. The van der Waals surface area contributed by atoms with Crippen molar-refractivity contribution in [3.8, 4) is 5.75 Å². The lowest BCUT2D eigenvalue weighted by Crippen LogP contribution is -2.36. The van der Waals surface area contributed by atoms with Crippen molar-refractivity contribution in [2.75, 3.05) is 13.2 Å². The number of ether oxygens (including phenoxy) is 1. The quantitative estimate of drug-likeness (QED) is 0.549. The van der Waals surface area contributed by atoms with Gasteiger partial charge in [0, 0.05) is 25.2 Å². The molecule has 0 heterocycles. The SMILES string of the molecule is O=[N+]([O-])c1cccc(OCC(O)CN(Cc2ccc(F)cc2)C2CC2)c1. The van der Waals surface area contributed by atoms with Gasteiger partial charge in [0.15, 0.2) is 0 Å². The van der Waals surface area contributed by atoms with Crippen LogP contribution < -0.4 is 4.74 Å². The number of nitro groups is 1. The van der Waals surface area contributed by atoms with Gasteiger partial charge in [-0.05, 0) is 36.6 Å². The molecule has 0 aliphatic heterocycles. The number of non-ortho nitro benzene ring substituents is 1. The monoisotopic (exact) mass is 360 g/mol. The Hall–Kier alpha value is -2.51. The van der Waals surface area contributed by atoms with Crippen molar-refractivity contribution >= 4 is 5.69 Å². The first-order valence-electron chi connectivity index (χ1n) is 8.55. The fourth-order valence-electron chi connectivity index (χ4n) is 2.81. The van der Waals surface area contributed by atoms with E-state index < -0.39 is 11.0 Å². The van der Waals surface area contributed by atoms with Crippen molar-refractivity contribution < 1.29 is 19.2 Å². The van der Waals surface area contributed by atoms with Crippen molar-refractivity contribution in [3.05, 3.63) is 70.0 Å². The summed E-state index contributed by atoms with van der Waals surface area (Å²) in [5.41, 5.74) is 0.943. The third-order valence-electron chi connectivity index (χ3n) is 4.28. The summed E-state index contributed by atoms with van der Waals surface area (Å²) in [6.45, 7) is 1.11. The average molecular weight is 360 g/mol. The van der Waals surface area contributed by atoms with Gasteiger partial charge in [0.1, 0.15) is 24.3 Å². The van der Waals surface area contributed by atoms with E-state index in [1.54, 1.807) is 24.3 Å². The van der Waals surface area contributed by atoms with E-state index in [4.69, 9.17) is 4.74 Å². The molecule has 1 unspecified atom stereocenters. The van der Waals surface area contributed by atoms with Crippen LogP contribution in [0.1, 0.15) is 18.4 Å². The van der Waals surface area contributed by atoms with Crippen molar-refractivity contribution in [2.45, 2.75) is 31.5 Å². The Morgan fingerprint density at radius 2 is 2.00 bits per heavy atom. The second-order valence-corrected chi connectivity index (χ2v) is 6.51. The molecule has 1 aliphatic carbocycles. The minimum absolute atomic E-state index is 0.0482. The minimum atomic E-state index is -0.727. The van der Waals surface area contributed by atoms with Crippen LogP contribution in [0.3, 0.4) is 0 Å². The number of aliphatic hydroxyl groups is 1.